The Morgan fingerprint density at radius 1 is 1.00 bits per heavy atom. The highest BCUT2D eigenvalue weighted by Crippen LogP contribution is 2.55. The standard InChI is InChI=1S/C16H27NO2/c1-12-7-5-4-6-8-15-11-16(15,10-9-12)17(13(2)18)14(3)19/h12,15H,4-11H2,1-3H3/t12-,15-,16?/m0/s1. The van der Waals surface area contributed by atoms with Gasteiger partial charge in [0, 0.05) is 13.8 Å². The molecule has 2 amide bonds. The Hall–Kier alpha value is -0.860. The smallest absolute Gasteiger partial charge is 0.226 e. The lowest BCUT2D eigenvalue weighted by atomic mass is 9.90. The number of nitrogens with zero attached hydrogens (tertiary/aromatic N) is 1. The fourth-order valence-electron chi connectivity index (χ4n) is 3.98. The molecule has 3 atom stereocenters. The number of rotatable bonds is 1. The van der Waals surface area contributed by atoms with Crippen LogP contribution in [0.25, 0.3) is 0 Å². The van der Waals surface area contributed by atoms with Crippen molar-refractivity contribution in [2.45, 2.75) is 77.7 Å². The topological polar surface area (TPSA) is 37.4 Å². The zero-order valence-corrected chi connectivity index (χ0v) is 12.6. The molecular weight excluding hydrogens is 238 g/mol. The fraction of sp³-hybridized carbons (Fsp3) is 0.875. The first kappa shape index (κ1) is 14.5. The molecule has 0 heterocycles. The Morgan fingerprint density at radius 3 is 2.26 bits per heavy atom. The number of hydrogen-bond acceptors (Lipinski definition) is 2. The highest BCUT2D eigenvalue weighted by atomic mass is 16.2. The van der Waals surface area contributed by atoms with E-state index in [1.54, 1.807) is 4.90 Å². The number of carbonyl (C=O) groups excluding carboxylic acids is 2. The van der Waals surface area contributed by atoms with Crippen LogP contribution in [0.4, 0.5) is 0 Å². The Kier molecular flexibility index (Phi) is 4.32. The van der Waals surface area contributed by atoms with E-state index in [4.69, 9.17) is 0 Å². The van der Waals surface area contributed by atoms with Gasteiger partial charge in [-0.15, -0.1) is 0 Å². The van der Waals surface area contributed by atoms with Gasteiger partial charge in [-0.3, -0.25) is 14.5 Å². The number of imide groups is 1. The Bertz CT molecular complexity index is 352. The van der Waals surface area contributed by atoms with Gasteiger partial charge in [0.1, 0.15) is 0 Å². The van der Waals surface area contributed by atoms with Gasteiger partial charge in [-0.1, -0.05) is 32.6 Å². The van der Waals surface area contributed by atoms with Crippen molar-refractivity contribution in [2.75, 3.05) is 0 Å². The van der Waals surface area contributed by atoms with Crippen LogP contribution >= 0.6 is 0 Å². The molecule has 0 saturated heterocycles. The van der Waals surface area contributed by atoms with E-state index in [1.165, 1.54) is 46.0 Å². The van der Waals surface area contributed by atoms with E-state index in [-0.39, 0.29) is 17.4 Å². The van der Waals surface area contributed by atoms with Gasteiger partial charge in [0.2, 0.25) is 11.8 Å². The van der Waals surface area contributed by atoms with Crippen molar-refractivity contribution in [3.63, 3.8) is 0 Å². The molecule has 19 heavy (non-hydrogen) atoms. The molecule has 108 valence electrons. The Labute approximate surface area is 116 Å². The van der Waals surface area contributed by atoms with Crippen molar-refractivity contribution in [1.82, 2.24) is 4.90 Å². The summed E-state index contributed by atoms with van der Waals surface area (Å²) in [5.74, 6) is 1.14. The Balaban J connectivity index is 2.15. The molecule has 2 aliphatic carbocycles. The summed E-state index contributed by atoms with van der Waals surface area (Å²) in [4.78, 5) is 25.3. The predicted octanol–water partition coefficient (Wildman–Crippen LogP) is 3.52. The van der Waals surface area contributed by atoms with Crippen molar-refractivity contribution in [3.8, 4) is 0 Å². The minimum absolute atomic E-state index is 0.0697. The SMILES string of the molecule is CC(=O)N(C(C)=O)C12CC[C@@H](C)CCCCC[C@H]1C2. The molecule has 0 aromatic rings. The van der Waals surface area contributed by atoms with Crippen LogP contribution in [0, 0.1) is 11.8 Å². The van der Waals surface area contributed by atoms with Crippen LogP contribution in [0.3, 0.4) is 0 Å². The Morgan fingerprint density at radius 2 is 1.63 bits per heavy atom. The lowest BCUT2D eigenvalue weighted by Gasteiger charge is -2.31. The third kappa shape index (κ3) is 3.01. The maximum Gasteiger partial charge on any atom is 0.226 e. The van der Waals surface area contributed by atoms with E-state index in [0.29, 0.717) is 5.92 Å². The number of amides is 2. The first-order chi connectivity index (χ1) is 8.97. The van der Waals surface area contributed by atoms with Gasteiger partial charge in [-0.25, -0.2) is 0 Å². The summed E-state index contributed by atoms with van der Waals surface area (Å²) in [7, 11) is 0. The van der Waals surface area contributed by atoms with Crippen molar-refractivity contribution < 1.29 is 9.59 Å². The van der Waals surface area contributed by atoms with Crippen LogP contribution in [0.1, 0.15) is 72.1 Å². The number of carbonyl (C=O) groups is 2. The average Bonchev–Trinajstić information content (AvgIpc) is 2.99. The second kappa shape index (κ2) is 5.64. The van der Waals surface area contributed by atoms with Crippen molar-refractivity contribution in [1.29, 1.82) is 0 Å². The molecule has 1 unspecified atom stereocenters. The number of fused-ring (bicyclic) bond motifs is 1. The molecule has 2 aliphatic rings. The van der Waals surface area contributed by atoms with E-state index in [9.17, 15) is 9.59 Å². The molecule has 3 heteroatoms. The average molecular weight is 265 g/mol. The van der Waals surface area contributed by atoms with Crippen molar-refractivity contribution >= 4 is 11.8 Å². The maximum atomic E-state index is 11.9. The fourth-order valence-corrected chi connectivity index (χ4v) is 3.98. The molecule has 0 aliphatic heterocycles. The normalized spacial score (nSPS) is 35.1. The summed E-state index contributed by atoms with van der Waals surface area (Å²) in [6.45, 7) is 5.38. The summed E-state index contributed by atoms with van der Waals surface area (Å²) >= 11 is 0. The number of hydrogen-bond donors (Lipinski definition) is 0. The third-order valence-corrected chi connectivity index (χ3v) is 5.09. The van der Waals surface area contributed by atoms with Crippen LogP contribution in [0.2, 0.25) is 0 Å². The van der Waals surface area contributed by atoms with E-state index < -0.39 is 0 Å². The second-order valence-corrected chi connectivity index (χ2v) is 6.66. The summed E-state index contributed by atoms with van der Waals surface area (Å²) in [5.41, 5.74) is -0.122. The van der Waals surface area contributed by atoms with Gasteiger partial charge in [0.15, 0.2) is 0 Å². The minimum Gasteiger partial charge on any atom is -0.277 e. The van der Waals surface area contributed by atoms with Gasteiger partial charge < -0.3 is 0 Å². The highest BCUT2D eigenvalue weighted by Gasteiger charge is 2.59. The van der Waals surface area contributed by atoms with E-state index in [2.05, 4.69) is 6.92 Å². The van der Waals surface area contributed by atoms with Crippen LogP contribution in [-0.4, -0.2) is 22.3 Å². The van der Waals surface area contributed by atoms with Crippen LogP contribution < -0.4 is 0 Å². The first-order valence-electron chi connectivity index (χ1n) is 7.79. The van der Waals surface area contributed by atoms with Crippen LogP contribution in [-0.2, 0) is 9.59 Å². The molecule has 0 spiro atoms. The summed E-state index contributed by atoms with van der Waals surface area (Å²) in [6, 6.07) is 0. The van der Waals surface area contributed by atoms with Gasteiger partial charge in [-0.05, 0) is 37.5 Å². The summed E-state index contributed by atoms with van der Waals surface area (Å²) in [6.07, 6.45) is 9.57. The predicted molar refractivity (Wildman–Crippen MR) is 75.5 cm³/mol. The van der Waals surface area contributed by atoms with Crippen LogP contribution in [0.5, 0.6) is 0 Å². The van der Waals surface area contributed by atoms with E-state index in [0.717, 1.165) is 25.2 Å². The lowest BCUT2D eigenvalue weighted by Crippen LogP contribution is -2.45. The monoisotopic (exact) mass is 265 g/mol. The zero-order valence-electron chi connectivity index (χ0n) is 12.6. The molecule has 3 nitrogen and oxygen atoms in total. The lowest BCUT2D eigenvalue weighted by molar-refractivity contribution is -0.146. The quantitative estimate of drug-likeness (QED) is 0.727. The highest BCUT2D eigenvalue weighted by molar-refractivity contribution is 5.94. The van der Waals surface area contributed by atoms with E-state index in [1.807, 2.05) is 0 Å². The molecule has 2 fully saturated rings. The summed E-state index contributed by atoms with van der Waals surface area (Å²) in [5, 5.41) is 0. The largest absolute Gasteiger partial charge is 0.277 e. The van der Waals surface area contributed by atoms with Crippen molar-refractivity contribution in [2.24, 2.45) is 11.8 Å². The molecule has 0 radical (unpaired) electrons. The van der Waals surface area contributed by atoms with Crippen molar-refractivity contribution in [3.05, 3.63) is 0 Å². The van der Waals surface area contributed by atoms with Gasteiger partial charge in [-0.2, -0.15) is 0 Å². The molecule has 0 aromatic heterocycles. The zero-order chi connectivity index (χ0) is 14.0. The molecule has 0 aromatic carbocycles. The molecule has 2 rings (SSSR count). The van der Waals surface area contributed by atoms with Gasteiger partial charge >= 0.3 is 0 Å². The summed E-state index contributed by atoms with van der Waals surface area (Å²) < 4.78 is 0. The van der Waals surface area contributed by atoms with Gasteiger partial charge in [0.25, 0.3) is 0 Å². The van der Waals surface area contributed by atoms with E-state index >= 15 is 0 Å². The molecule has 0 N–H and O–H groups in total. The minimum atomic E-state index is -0.122. The second-order valence-electron chi connectivity index (χ2n) is 6.66. The van der Waals surface area contributed by atoms with Crippen LogP contribution in [0.15, 0.2) is 0 Å². The first-order valence-corrected chi connectivity index (χ1v) is 7.79. The molecule has 2 saturated carbocycles. The molecule has 0 bridgehead atoms. The third-order valence-electron chi connectivity index (χ3n) is 5.09. The molecular formula is C16H27NO2. The maximum absolute atomic E-state index is 11.9. The van der Waals surface area contributed by atoms with Gasteiger partial charge in [0.05, 0.1) is 5.54 Å².